The van der Waals surface area contributed by atoms with Crippen LogP contribution in [0.4, 0.5) is 0 Å². The van der Waals surface area contributed by atoms with Gasteiger partial charge in [0.25, 0.3) is 5.91 Å². The maximum atomic E-state index is 14.4. The van der Waals surface area contributed by atoms with Crippen LogP contribution >= 0.6 is 0 Å². The van der Waals surface area contributed by atoms with E-state index in [1.54, 1.807) is 20.3 Å². The van der Waals surface area contributed by atoms with E-state index in [1.807, 2.05) is 34.1 Å². The molecule has 196 valence electrons. The van der Waals surface area contributed by atoms with Gasteiger partial charge in [-0.25, -0.2) is 0 Å². The van der Waals surface area contributed by atoms with E-state index in [0.717, 1.165) is 37.2 Å². The van der Waals surface area contributed by atoms with E-state index in [-0.39, 0.29) is 17.9 Å². The maximum absolute atomic E-state index is 14.4. The first-order chi connectivity index (χ1) is 18.6. The van der Waals surface area contributed by atoms with Crippen LogP contribution in [0.5, 0.6) is 11.5 Å². The first-order valence-corrected chi connectivity index (χ1v) is 13.3. The second kappa shape index (κ2) is 10.1. The summed E-state index contributed by atoms with van der Waals surface area (Å²) in [7, 11) is 3.15. The van der Waals surface area contributed by atoms with Gasteiger partial charge in [-0.3, -0.25) is 14.5 Å². The summed E-state index contributed by atoms with van der Waals surface area (Å²) in [5.41, 5.74) is 4.80. The van der Waals surface area contributed by atoms with Gasteiger partial charge in [-0.1, -0.05) is 54.6 Å². The molecule has 0 N–H and O–H groups in total. The predicted molar refractivity (Wildman–Crippen MR) is 145 cm³/mol. The summed E-state index contributed by atoms with van der Waals surface area (Å²) in [4.78, 5) is 34.5. The minimum atomic E-state index is -0.510. The van der Waals surface area contributed by atoms with Crippen molar-refractivity contribution in [2.24, 2.45) is 0 Å². The normalized spacial score (nSPS) is 20.8. The van der Waals surface area contributed by atoms with Crippen molar-refractivity contribution in [2.75, 3.05) is 46.9 Å². The van der Waals surface area contributed by atoms with Gasteiger partial charge in [0.15, 0.2) is 11.5 Å². The number of carbonyl (C=O) groups excluding carboxylic acids is 2. The summed E-state index contributed by atoms with van der Waals surface area (Å²) in [5, 5.41) is 0. The average molecular weight is 512 g/mol. The van der Waals surface area contributed by atoms with Crippen LogP contribution in [0.2, 0.25) is 0 Å². The lowest BCUT2D eigenvalue weighted by molar-refractivity contribution is -0.136. The Kier molecular flexibility index (Phi) is 6.54. The fraction of sp³-hybridized carbons (Fsp3) is 0.355. The quantitative estimate of drug-likeness (QED) is 0.520. The molecule has 3 aromatic carbocycles. The summed E-state index contributed by atoms with van der Waals surface area (Å²) < 4.78 is 11.1. The molecule has 3 aliphatic heterocycles. The van der Waals surface area contributed by atoms with Gasteiger partial charge in [-0.2, -0.15) is 0 Å². The van der Waals surface area contributed by atoms with Crippen molar-refractivity contribution in [2.45, 2.75) is 24.9 Å². The van der Waals surface area contributed by atoms with Gasteiger partial charge in [0, 0.05) is 44.8 Å². The van der Waals surface area contributed by atoms with Crippen LogP contribution in [0.1, 0.15) is 44.6 Å². The zero-order valence-corrected chi connectivity index (χ0v) is 21.9. The van der Waals surface area contributed by atoms with E-state index in [4.69, 9.17) is 9.47 Å². The van der Waals surface area contributed by atoms with E-state index in [0.29, 0.717) is 36.7 Å². The van der Waals surface area contributed by atoms with Crippen molar-refractivity contribution < 1.29 is 19.1 Å². The van der Waals surface area contributed by atoms with Crippen molar-refractivity contribution >= 4 is 11.8 Å². The lowest BCUT2D eigenvalue weighted by Crippen LogP contribution is -2.54. The number of piperazine rings is 1. The highest BCUT2D eigenvalue weighted by Crippen LogP contribution is 2.49. The van der Waals surface area contributed by atoms with Gasteiger partial charge in [0.2, 0.25) is 5.91 Å². The van der Waals surface area contributed by atoms with Gasteiger partial charge in [-0.15, -0.1) is 0 Å². The Bertz CT molecular complexity index is 1350. The molecule has 38 heavy (non-hydrogen) atoms. The first kappa shape index (κ1) is 24.5. The van der Waals surface area contributed by atoms with Gasteiger partial charge in [0.1, 0.15) is 0 Å². The van der Waals surface area contributed by atoms with Gasteiger partial charge in [0.05, 0.1) is 26.2 Å². The van der Waals surface area contributed by atoms with E-state index in [1.165, 1.54) is 11.1 Å². The number of amides is 2. The molecule has 7 heteroatoms. The van der Waals surface area contributed by atoms with E-state index in [2.05, 4.69) is 41.3 Å². The molecule has 0 saturated carbocycles. The highest BCUT2D eigenvalue weighted by molar-refractivity contribution is 6.02. The van der Waals surface area contributed by atoms with Crippen LogP contribution in [-0.4, -0.2) is 73.5 Å². The van der Waals surface area contributed by atoms with Crippen LogP contribution in [-0.2, 0) is 17.8 Å². The molecule has 2 atom stereocenters. The highest BCUT2D eigenvalue weighted by Gasteiger charge is 2.48. The Balaban J connectivity index is 1.35. The van der Waals surface area contributed by atoms with Crippen LogP contribution < -0.4 is 9.47 Å². The monoisotopic (exact) mass is 511 g/mol. The second-order valence-corrected chi connectivity index (χ2v) is 10.3. The average Bonchev–Trinajstić information content (AvgIpc) is 2.97. The lowest BCUT2D eigenvalue weighted by atomic mass is 9.75. The molecule has 0 aliphatic carbocycles. The molecule has 6 rings (SSSR count). The van der Waals surface area contributed by atoms with Crippen molar-refractivity contribution in [1.29, 1.82) is 0 Å². The number of benzene rings is 3. The molecule has 7 nitrogen and oxygen atoms in total. The fourth-order valence-corrected chi connectivity index (χ4v) is 6.28. The molecule has 0 bridgehead atoms. The standard InChI is InChI=1S/C31H33N3O4/c1-37-26-18-24-25(19-27(26)38-2)30(35)34-13-12-22-10-6-7-11-23(22)29(34)28(24)31(36)33-16-14-32(15-17-33)20-21-8-4-3-5-9-21/h3-11,18-19,28-29H,12-17,20H2,1-2H3. The molecule has 3 aliphatic rings. The minimum Gasteiger partial charge on any atom is -0.493 e. The largest absolute Gasteiger partial charge is 0.493 e. The summed E-state index contributed by atoms with van der Waals surface area (Å²) in [5.74, 6) is 0.525. The molecular weight excluding hydrogens is 478 g/mol. The molecule has 2 amide bonds. The zero-order chi connectivity index (χ0) is 26.2. The van der Waals surface area contributed by atoms with Crippen LogP contribution in [0.25, 0.3) is 0 Å². The van der Waals surface area contributed by atoms with E-state index >= 15 is 0 Å². The fourth-order valence-electron chi connectivity index (χ4n) is 6.28. The highest BCUT2D eigenvalue weighted by atomic mass is 16.5. The van der Waals surface area contributed by atoms with Crippen LogP contribution in [0.15, 0.2) is 66.7 Å². The van der Waals surface area contributed by atoms with Gasteiger partial charge in [-0.05, 0) is 40.8 Å². The SMILES string of the molecule is COc1cc2c(cc1OC)C(C(=O)N1CCN(Cc3ccccc3)CC1)C1c3ccccc3CCN1C2=O. The third-order valence-electron chi connectivity index (χ3n) is 8.23. The third kappa shape index (κ3) is 4.21. The number of ether oxygens (including phenoxy) is 2. The number of fused-ring (bicyclic) bond motifs is 4. The maximum Gasteiger partial charge on any atom is 0.254 e. The first-order valence-electron chi connectivity index (χ1n) is 13.3. The molecule has 1 saturated heterocycles. The van der Waals surface area contributed by atoms with Crippen LogP contribution in [0.3, 0.4) is 0 Å². The Morgan fingerprint density at radius 3 is 2.26 bits per heavy atom. The van der Waals surface area contributed by atoms with Gasteiger partial charge < -0.3 is 19.3 Å². The molecule has 3 heterocycles. The topological polar surface area (TPSA) is 62.3 Å². The molecule has 2 unspecified atom stereocenters. The number of carbonyl (C=O) groups is 2. The Morgan fingerprint density at radius 2 is 1.53 bits per heavy atom. The summed E-state index contributed by atoms with van der Waals surface area (Å²) >= 11 is 0. The molecule has 3 aromatic rings. The Hall–Kier alpha value is -3.84. The molecule has 0 radical (unpaired) electrons. The van der Waals surface area contributed by atoms with Crippen molar-refractivity contribution in [1.82, 2.24) is 14.7 Å². The molecule has 1 fully saturated rings. The number of rotatable bonds is 5. The summed E-state index contributed by atoms with van der Waals surface area (Å²) in [6.45, 7) is 4.42. The summed E-state index contributed by atoms with van der Waals surface area (Å²) in [6.07, 6.45) is 0.778. The summed E-state index contributed by atoms with van der Waals surface area (Å²) in [6, 6.07) is 21.9. The van der Waals surface area contributed by atoms with Crippen molar-refractivity contribution in [3.05, 3.63) is 94.5 Å². The van der Waals surface area contributed by atoms with Crippen molar-refractivity contribution in [3.63, 3.8) is 0 Å². The second-order valence-electron chi connectivity index (χ2n) is 10.3. The number of hydrogen-bond acceptors (Lipinski definition) is 5. The number of nitrogens with zero attached hydrogens (tertiary/aromatic N) is 3. The van der Waals surface area contributed by atoms with E-state index < -0.39 is 5.92 Å². The smallest absolute Gasteiger partial charge is 0.254 e. The molecule has 0 spiro atoms. The van der Waals surface area contributed by atoms with E-state index in [9.17, 15) is 9.59 Å². The minimum absolute atomic E-state index is 0.0582. The number of hydrogen-bond donors (Lipinski definition) is 0. The Labute approximate surface area is 223 Å². The third-order valence-corrected chi connectivity index (χ3v) is 8.23. The van der Waals surface area contributed by atoms with Crippen LogP contribution in [0, 0.1) is 0 Å². The van der Waals surface area contributed by atoms with Crippen molar-refractivity contribution in [3.8, 4) is 11.5 Å². The predicted octanol–water partition coefficient (Wildman–Crippen LogP) is 3.89. The van der Waals surface area contributed by atoms with Gasteiger partial charge >= 0.3 is 0 Å². The zero-order valence-electron chi connectivity index (χ0n) is 21.9. The molecule has 0 aromatic heterocycles. The Morgan fingerprint density at radius 1 is 0.842 bits per heavy atom. The lowest BCUT2D eigenvalue weighted by Gasteiger charge is -2.47. The number of methoxy groups -OCH3 is 2. The molecular formula is C31H33N3O4.